The fraction of sp³-hybridized carbons (Fsp3) is 0.412. The van der Waals surface area contributed by atoms with Crippen LogP contribution in [0.5, 0.6) is 0 Å². The average molecular weight is 310 g/mol. The van der Waals surface area contributed by atoms with E-state index in [2.05, 4.69) is 65.0 Å². The molecule has 0 aliphatic rings. The number of nitrogens with zero attached hydrogens (tertiary/aromatic N) is 4. The molecule has 0 radical (unpaired) electrons. The predicted molar refractivity (Wildman–Crippen MR) is 90.0 cm³/mol. The molecule has 3 aromatic rings. The van der Waals surface area contributed by atoms with Gasteiger partial charge in [0.05, 0.1) is 12.4 Å². The number of aryl methyl sites for hydroxylation is 1. The summed E-state index contributed by atoms with van der Waals surface area (Å²) in [5.74, 6) is 0. The summed E-state index contributed by atoms with van der Waals surface area (Å²) < 4.78 is 0. The minimum atomic E-state index is 0.0189. The third kappa shape index (κ3) is 2.88. The number of hydrogen-bond donors (Lipinski definition) is 2. The third-order valence-corrected chi connectivity index (χ3v) is 3.99. The summed E-state index contributed by atoms with van der Waals surface area (Å²) in [5, 5.41) is 14.9. The quantitative estimate of drug-likeness (QED) is 0.776. The van der Waals surface area contributed by atoms with Crippen LogP contribution < -0.4 is 0 Å². The predicted octanol–water partition coefficient (Wildman–Crippen LogP) is 3.43. The second-order valence-corrected chi connectivity index (χ2v) is 6.74. The van der Waals surface area contributed by atoms with Gasteiger partial charge in [-0.15, -0.1) is 0 Å². The molecule has 0 bridgehead atoms. The van der Waals surface area contributed by atoms with Crippen molar-refractivity contribution in [3.05, 3.63) is 35.4 Å². The Morgan fingerprint density at radius 1 is 1.00 bits per heavy atom. The molecule has 120 valence electrons. The Bertz CT molecular complexity index is 822. The number of aromatic amines is 2. The number of aromatic nitrogens is 6. The lowest BCUT2D eigenvalue weighted by Crippen LogP contribution is -2.11. The van der Waals surface area contributed by atoms with Crippen molar-refractivity contribution in [2.24, 2.45) is 0 Å². The summed E-state index contributed by atoms with van der Waals surface area (Å²) in [6.45, 7) is 10.6. The highest BCUT2D eigenvalue weighted by Crippen LogP contribution is 2.26. The number of hydrogen-bond acceptors (Lipinski definition) is 4. The summed E-state index contributed by atoms with van der Waals surface area (Å²) in [4.78, 5) is 9.00. The highest BCUT2D eigenvalue weighted by molar-refractivity contribution is 5.63. The highest BCUT2D eigenvalue weighted by atomic mass is 15.1. The minimum absolute atomic E-state index is 0.0189. The second kappa shape index (κ2) is 5.61. The summed E-state index contributed by atoms with van der Waals surface area (Å²) in [5.41, 5.74) is 6.50. The van der Waals surface area contributed by atoms with Gasteiger partial charge in [0.1, 0.15) is 22.8 Å². The topological polar surface area (TPSA) is 83.1 Å². The van der Waals surface area contributed by atoms with E-state index in [1.54, 1.807) is 12.4 Å². The van der Waals surface area contributed by atoms with Crippen LogP contribution >= 0.6 is 0 Å². The van der Waals surface area contributed by atoms with E-state index in [-0.39, 0.29) is 5.41 Å². The van der Waals surface area contributed by atoms with Crippen LogP contribution in [0.25, 0.3) is 22.8 Å². The van der Waals surface area contributed by atoms with Crippen LogP contribution in [0.1, 0.15) is 44.6 Å². The lowest BCUT2D eigenvalue weighted by Gasteiger charge is -2.14. The van der Waals surface area contributed by atoms with Crippen LogP contribution in [-0.4, -0.2) is 30.4 Å². The van der Waals surface area contributed by atoms with Crippen molar-refractivity contribution in [2.75, 3.05) is 0 Å². The van der Waals surface area contributed by atoms with Gasteiger partial charge in [-0.05, 0) is 25.0 Å². The van der Waals surface area contributed by atoms with E-state index in [1.807, 2.05) is 6.07 Å². The van der Waals surface area contributed by atoms with Crippen LogP contribution in [0.15, 0.2) is 18.5 Å². The molecule has 2 N–H and O–H groups in total. The maximum Gasteiger partial charge on any atom is 0.115 e. The zero-order valence-corrected chi connectivity index (χ0v) is 14.2. The van der Waals surface area contributed by atoms with Gasteiger partial charge in [0.15, 0.2) is 0 Å². The number of nitrogens with one attached hydrogen (secondary N) is 2. The number of H-pyrrole nitrogens is 2. The monoisotopic (exact) mass is 310 g/mol. The van der Waals surface area contributed by atoms with Gasteiger partial charge in [-0.3, -0.25) is 15.2 Å². The highest BCUT2D eigenvalue weighted by Gasteiger charge is 2.18. The fourth-order valence-electron chi connectivity index (χ4n) is 2.47. The summed E-state index contributed by atoms with van der Waals surface area (Å²) >= 11 is 0. The van der Waals surface area contributed by atoms with E-state index in [1.165, 1.54) is 0 Å². The Balaban J connectivity index is 2.00. The molecular formula is C17H22N6. The molecule has 0 fully saturated rings. The van der Waals surface area contributed by atoms with Crippen molar-refractivity contribution < 1.29 is 0 Å². The van der Waals surface area contributed by atoms with Crippen molar-refractivity contribution in [2.45, 2.75) is 46.5 Å². The molecule has 6 nitrogen and oxygen atoms in total. The van der Waals surface area contributed by atoms with Crippen molar-refractivity contribution >= 4 is 0 Å². The Morgan fingerprint density at radius 3 is 2.35 bits per heavy atom. The lowest BCUT2D eigenvalue weighted by atomic mass is 9.92. The van der Waals surface area contributed by atoms with Gasteiger partial charge in [0, 0.05) is 16.8 Å². The van der Waals surface area contributed by atoms with E-state index in [4.69, 9.17) is 0 Å². The van der Waals surface area contributed by atoms with Crippen LogP contribution in [0, 0.1) is 6.92 Å². The molecule has 6 heteroatoms. The molecule has 0 saturated carbocycles. The van der Waals surface area contributed by atoms with Gasteiger partial charge in [0.25, 0.3) is 0 Å². The second-order valence-electron chi connectivity index (χ2n) is 6.74. The first-order chi connectivity index (χ1) is 10.9. The van der Waals surface area contributed by atoms with Gasteiger partial charge in [-0.25, -0.2) is 4.98 Å². The molecule has 0 amide bonds. The Morgan fingerprint density at radius 2 is 1.74 bits per heavy atom. The molecule has 3 aromatic heterocycles. The lowest BCUT2D eigenvalue weighted by molar-refractivity contribution is 0.567. The van der Waals surface area contributed by atoms with Gasteiger partial charge in [-0.1, -0.05) is 27.7 Å². The molecule has 0 aliphatic heterocycles. The maximum absolute atomic E-state index is 4.69. The molecule has 0 saturated heterocycles. The Hall–Kier alpha value is -2.50. The van der Waals surface area contributed by atoms with Gasteiger partial charge in [0.2, 0.25) is 0 Å². The van der Waals surface area contributed by atoms with Crippen LogP contribution in [0.3, 0.4) is 0 Å². The van der Waals surface area contributed by atoms with Crippen LogP contribution in [0.2, 0.25) is 0 Å². The Labute approximate surface area is 135 Å². The van der Waals surface area contributed by atoms with E-state index in [0.29, 0.717) is 0 Å². The molecule has 3 heterocycles. The third-order valence-electron chi connectivity index (χ3n) is 3.99. The SMILES string of the molecule is CCc1[nH]nc(-c2cncc(-c3cc(C(C)(C)C)[nH]n3)n2)c1C. The Kier molecular flexibility index (Phi) is 3.75. The fourth-order valence-corrected chi connectivity index (χ4v) is 2.47. The first-order valence-electron chi connectivity index (χ1n) is 7.82. The zero-order chi connectivity index (χ0) is 16.6. The smallest absolute Gasteiger partial charge is 0.115 e. The van der Waals surface area contributed by atoms with Crippen LogP contribution in [-0.2, 0) is 11.8 Å². The van der Waals surface area contributed by atoms with Gasteiger partial charge >= 0.3 is 0 Å². The summed E-state index contributed by atoms with van der Waals surface area (Å²) in [6.07, 6.45) is 4.39. The maximum atomic E-state index is 4.69. The normalized spacial score (nSPS) is 11.9. The molecule has 3 rings (SSSR count). The molecule has 0 atom stereocenters. The standard InChI is InChI=1S/C17H22N6/c1-6-11-10(2)16(23-20-11)14-9-18-8-13(19-14)12-7-15(22-21-12)17(3,4)5/h7-9H,6H2,1-5H3,(H,20,23)(H,21,22). The first-order valence-corrected chi connectivity index (χ1v) is 7.82. The van der Waals surface area contributed by atoms with Crippen molar-refractivity contribution in [3.63, 3.8) is 0 Å². The molecule has 0 aromatic carbocycles. The molecule has 0 spiro atoms. The van der Waals surface area contributed by atoms with E-state index in [0.717, 1.165) is 46.1 Å². The minimum Gasteiger partial charge on any atom is -0.282 e. The molecule has 23 heavy (non-hydrogen) atoms. The van der Waals surface area contributed by atoms with Gasteiger partial charge in [-0.2, -0.15) is 10.2 Å². The largest absolute Gasteiger partial charge is 0.282 e. The molecule has 0 aliphatic carbocycles. The van der Waals surface area contributed by atoms with Crippen LogP contribution in [0.4, 0.5) is 0 Å². The average Bonchev–Trinajstić information content (AvgIpc) is 3.13. The molecule has 0 unspecified atom stereocenters. The van der Waals surface area contributed by atoms with Crippen molar-refractivity contribution in [1.82, 2.24) is 30.4 Å². The van der Waals surface area contributed by atoms with E-state index >= 15 is 0 Å². The van der Waals surface area contributed by atoms with Crippen molar-refractivity contribution in [1.29, 1.82) is 0 Å². The number of rotatable bonds is 3. The summed E-state index contributed by atoms with van der Waals surface area (Å²) in [6, 6.07) is 2.03. The van der Waals surface area contributed by atoms with E-state index in [9.17, 15) is 0 Å². The summed E-state index contributed by atoms with van der Waals surface area (Å²) in [7, 11) is 0. The first kappa shape index (κ1) is 15.4. The zero-order valence-electron chi connectivity index (χ0n) is 14.2. The van der Waals surface area contributed by atoms with E-state index < -0.39 is 0 Å². The van der Waals surface area contributed by atoms with Gasteiger partial charge < -0.3 is 0 Å². The molecular weight excluding hydrogens is 288 g/mol. The van der Waals surface area contributed by atoms with Crippen molar-refractivity contribution in [3.8, 4) is 22.8 Å².